The van der Waals surface area contributed by atoms with Crippen LogP contribution in [0.1, 0.15) is 24.5 Å². The average molecular weight is 277 g/mol. The number of pyridine rings is 1. The Kier molecular flexibility index (Phi) is 5.12. The molecule has 20 heavy (non-hydrogen) atoms. The van der Waals surface area contributed by atoms with E-state index in [0.29, 0.717) is 13.1 Å². The maximum Gasteiger partial charge on any atom is 0.141 e. The Labute approximate surface area is 118 Å². The molecule has 0 fully saturated rings. The Morgan fingerprint density at radius 3 is 3.00 bits per heavy atom. The van der Waals surface area contributed by atoms with Crippen LogP contribution in [0.2, 0.25) is 0 Å². The van der Waals surface area contributed by atoms with Gasteiger partial charge in [-0.05, 0) is 25.1 Å². The highest BCUT2D eigenvalue weighted by atomic mass is 19.1. The van der Waals surface area contributed by atoms with Crippen LogP contribution in [-0.2, 0) is 13.1 Å². The molecule has 0 aromatic carbocycles. The summed E-state index contributed by atoms with van der Waals surface area (Å²) in [6.45, 7) is 4.30. The molecular formula is C15H20FN3O. The standard InChI is InChI=1S/C15H20FN3O/c1-3-5-17-8-13-7-14(16)9-18-15(13)19(2)10-12-4-6-20-11-12/h4,6-7,9,11,17H,3,5,8,10H2,1-2H3. The summed E-state index contributed by atoms with van der Waals surface area (Å²) in [4.78, 5) is 6.21. The highest BCUT2D eigenvalue weighted by Gasteiger charge is 2.11. The zero-order chi connectivity index (χ0) is 14.4. The van der Waals surface area contributed by atoms with Crippen molar-refractivity contribution in [2.45, 2.75) is 26.4 Å². The summed E-state index contributed by atoms with van der Waals surface area (Å²) < 4.78 is 18.4. The lowest BCUT2D eigenvalue weighted by Gasteiger charge is -2.20. The van der Waals surface area contributed by atoms with Gasteiger partial charge in [0.15, 0.2) is 0 Å². The molecule has 0 aliphatic rings. The molecule has 0 spiro atoms. The van der Waals surface area contributed by atoms with Crippen molar-refractivity contribution in [1.82, 2.24) is 10.3 Å². The summed E-state index contributed by atoms with van der Waals surface area (Å²) in [6.07, 6.45) is 5.65. The van der Waals surface area contributed by atoms with Crippen LogP contribution >= 0.6 is 0 Å². The largest absolute Gasteiger partial charge is 0.472 e. The molecule has 0 saturated carbocycles. The fraction of sp³-hybridized carbons (Fsp3) is 0.400. The van der Waals surface area contributed by atoms with Gasteiger partial charge in [0.1, 0.15) is 11.6 Å². The van der Waals surface area contributed by atoms with Gasteiger partial charge >= 0.3 is 0 Å². The van der Waals surface area contributed by atoms with Crippen LogP contribution in [0.4, 0.5) is 10.2 Å². The maximum atomic E-state index is 13.4. The number of hydrogen-bond donors (Lipinski definition) is 1. The van der Waals surface area contributed by atoms with Gasteiger partial charge in [-0.2, -0.15) is 0 Å². The Bertz CT molecular complexity index is 528. The van der Waals surface area contributed by atoms with Crippen LogP contribution in [0.25, 0.3) is 0 Å². The van der Waals surface area contributed by atoms with E-state index < -0.39 is 0 Å². The van der Waals surface area contributed by atoms with Gasteiger partial charge in [0.2, 0.25) is 0 Å². The minimum absolute atomic E-state index is 0.307. The Morgan fingerprint density at radius 1 is 1.45 bits per heavy atom. The minimum atomic E-state index is -0.307. The van der Waals surface area contributed by atoms with E-state index in [9.17, 15) is 4.39 Å². The van der Waals surface area contributed by atoms with E-state index in [1.165, 1.54) is 12.3 Å². The van der Waals surface area contributed by atoms with Crippen molar-refractivity contribution < 1.29 is 8.81 Å². The molecular weight excluding hydrogens is 257 g/mol. The van der Waals surface area contributed by atoms with Crippen LogP contribution in [-0.4, -0.2) is 18.6 Å². The number of anilines is 1. The monoisotopic (exact) mass is 277 g/mol. The van der Waals surface area contributed by atoms with E-state index >= 15 is 0 Å². The van der Waals surface area contributed by atoms with Crippen LogP contribution in [0.5, 0.6) is 0 Å². The molecule has 0 saturated heterocycles. The third kappa shape index (κ3) is 3.81. The van der Waals surface area contributed by atoms with E-state index in [4.69, 9.17) is 4.42 Å². The van der Waals surface area contributed by atoms with Crippen molar-refractivity contribution >= 4 is 5.82 Å². The van der Waals surface area contributed by atoms with Gasteiger partial charge in [0.25, 0.3) is 0 Å². The van der Waals surface area contributed by atoms with Crippen molar-refractivity contribution in [2.75, 3.05) is 18.5 Å². The fourth-order valence-corrected chi connectivity index (χ4v) is 2.08. The molecule has 5 heteroatoms. The number of aromatic nitrogens is 1. The van der Waals surface area contributed by atoms with E-state index in [1.54, 1.807) is 12.5 Å². The average Bonchev–Trinajstić information content (AvgIpc) is 2.92. The lowest BCUT2D eigenvalue weighted by atomic mass is 10.2. The van der Waals surface area contributed by atoms with Gasteiger partial charge in [-0.1, -0.05) is 6.92 Å². The molecule has 0 amide bonds. The fourth-order valence-electron chi connectivity index (χ4n) is 2.08. The number of rotatable bonds is 7. The molecule has 0 aliphatic carbocycles. The summed E-state index contributed by atoms with van der Waals surface area (Å²) in [5.74, 6) is 0.481. The second-order valence-corrected chi connectivity index (χ2v) is 4.80. The lowest BCUT2D eigenvalue weighted by Crippen LogP contribution is -2.22. The highest BCUT2D eigenvalue weighted by Crippen LogP contribution is 2.19. The molecule has 0 unspecified atom stereocenters. The zero-order valence-corrected chi connectivity index (χ0v) is 11.9. The molecule has 0 radical (unpaired) electrons. The molecule has 2 rings (SSSR count). The van der Waals surface area contributed by atoms with E-state index in [2.05, 4.69) is 17.2 Å². The Balaban J connectivity index is 2.12. The molecule has 0 bridgehead atoms. The highest BCUT2D eigenvalue weighted by molar-refractivity contribution is 5.46. The van der Waals surface area contributed by atoms with Crippen molar-refractivity contribution in [3.63, 3.8) is 0 Å². The Hall–Kier alpha value is -1.88. The van der Waals surface area contributed by atoms with Crippen molar-refractivity contribution in [3.8, 4) is 0 Å². The van der Waals surface area contributed by atoms with Gasteiger partial charge in [0, 0.05) is 31.3 Å². The topological polar surface area (TPSA) is 41.3 Å². The van der Waals surface area contributed by atoms with Crippen molar-refractivity contribution in [3.05, 3.63) is 47.8 Å². The van der Waals surface area contributed by atoms with Gasteiger partial charge in [-0.25, -0.2) is 9.37 Å². The summed E-state index contributed by atoms with van der Waals surface area (Å²) in [7, 11) is 1.94. The molecule has 1 N–H and O–H groups in total. The molecule has 4 nitrogen and oxygen atoms in total. The Morgan fingerprint density at radius 2 is 2.30 bits per heavy atom. The van der Waals surface area contributed by atoms with Crippen LogP contribution in [0, 0.1) is 5.82 Å². The van der Waals surface area contributed by atoms with Crippen LogP contribution in [0.3, 0.4) is 0 Å². The lowest BCUT2D eigenvalue weighted by molar-refractivity contribution is 0.563. The number of nitrogens with zero attached hydrogens (tertiary/aromatic N) is 2. The number of hydrogen-bond acceptors (Lipinski definition) is 4. The molecule has 2 aromatic rings. The predicted molar refractivity (Wildman–Crippen MR) is 77.0 cm³/mol. The first-order valence-corrected chi connectivity index (χ1v) is 6.78. The van der Waals surface area contributed by atoms with E-state index in [-0.39, 0.29) is 5.82 Å². The van der Waals surface area contributed by atoms with Gasteiger partial charge in [0.05, 0.1) is 18.7 Å². The van der Waals surface area contributed by atoms with Crippen molar-refractivity contribution in [2.24, 2.45) is 0 Å². The second kappa shape index (κ2) is 7.05. The molecule has 2 heterocycles. The van der Waals surface area contributed by atoms with E-state index in [0.717, 1.165) is 29.9 Å². The normalized spacial score (nSPS) is 10.8. The minimum Gasteiger partial charge on any atom is -0.472 e. The van der Waals surface area contributed by atoms with Gasteiger partial charge in [-0.15, -0.1) is 0 Å². The predicted octanol–water partition coefficient (Wildman–Crippen LogP) is 2.95. The quantitative estimate of drug-likeness (QED) is 0.790. The van der Waals surface area contributed by atoms with Gasteiger partial charge in [-0.3, -0.25) is 0 Å². The number of nitrogens with one attached hydrogen (secondary N) is 1. The first-order chi connectivity index (χ1) is 9.70. The molecule has 2 aromatic heterocycles. The first-order valence-electron chi connectivity index (χ1n) is 6.78. The van der Waals surface area contributed by atoms with Crippen LogP contribution < -0.4 is 10.2 Å². The SMILES string of the molecule is CCCNCc1cc(F)cnc1N(C)Cc1ccoc1. The summed E-state index contributed by atoms with van der Waals surface area (Å²) in [6, 6.07) is 3.45. The van der Waals surface area contributed by atoms with Gasteiger partial charge < -0.3 is 14.6 Å². The maximum absolute atomic E-state index is 13.4. The first kappa shape index (κ1) is 14.5. The molecule has 108 valence electrons. The third-order valence-corrected chi connectivity index (χ3v) is 3.01. The van der Waals surface area contributed by atoms with Crippen molar-refractivity contribution in [1.29, 1.82) is 0 Å². The summed E-state index contributed by atoms with van der Waals surface area (Å²) >= 11 is 0. The summed E-state index contributed by atoms with van der Waals surface area (Å²) in [5.41, 5.74) is 1.93. The third-order valence-electron chi connectivity index (χ3n) is 3.01. The number of halogens is 1. The smallest absolute Gasteiger partial charge is 0.141 e. The van der Waals surface area contributed by atoms with E-state index in [1.807, 2.05) is 18.0 Å². The second-order valence-electron chi connectivity index (χ2n) is 4.80. The zero-order valence-electron chi connectivity index (χ0n) is 11.9. The number of furan rings is 1. The summed E-state index contributed by atoms with van der Waals surface area (Å²) in [5, 5.41) is 3.28. The van der Waals surface area contributed by atoms with Crippen LogP contribution in [0.15, 0.2) is 35.3 Å². The molecule has 0 aliphatic heterocycles. The molecule has 0 atom stereocenters.